The number of hydrogen-bond acceptors (Lipinski definition) is 6. The Morgan fingerprint density at radius 2 is 1.97 bits per heavy atom. The van der Waals surface area contributed by atoms with Gasteiger partial charge < -0.3 is 24.9 Å². The molecule has 0 aliphatic heterocycles. The van der Waals surface area contributed by atoms with Crippen molar-refractivity contribution in [3.05, 3.63) is 75.5 Å². The van der Waals surface area contributed by atoms with E-state index < -0.39 is 11.9 Å². The molecule has 3 N–H and O–H groups in total. The van der Waals surface area contributed by atoms with Crippen molar-refractivity contribution >= 4 is 40.8 Å². The maximum atomic E-state index is 12.5. The second kappa shape index (κ2) is 10.2. The summed E-state index contributed by atoms with van der Waals surface area (Å²) in [6, 6.07) is 11.4. The lowest BCUT2D eigenvalue weighted by atomic mass is 10.1. The summed E-state index contributed by atoms with van der Waals surface area (Å²) in [6.07, 6.45) is 2.33. The van der Waals surface area contributed by atoms with Crippen LogP contribution in [0.4, 0.5) is 5.69 Å². The fraction of sp³-hybridized carbons (Fsp3) is 0.182. The quantitative estimate of drug-likeness (QED) is 0.322. The van der Waals surface area contributed by atoms with Crippen molar-refractivity contribution in [1.82, 2.24) is 4.98 Å². The molecule has 3 rings (SSSR count). The molecule has 0 bridgehead atoms. The highest BCUT2D eigenvalue weighted by Crippen LogP contribution is 2.32. The minimum Gasteiger partial charge on any atom is -0.506 e. The Balaban J connectivity index is 1.71. The van der Waals surface area contributed by atoms with Gasteiger partial charge in [0.1, 0.15) is 17.1 Å². The normalized spacial score (nSPS) is 10.5. The third-order valence-electron chi connectivity index (χ3n) is 4.31. The zero-order chi connectivity index (χ0) is 22.4. The summed E-state index contributed by atoms with van der Waals surface area (Å²) in [7, 11) is 0. The van der Waals surface area contributed by atoms with Crippen LogP contribution in [-0.4, -0.2) is 28.6 Å². The van der Waals surface area contributed by atoms with E-state index >= 15 is 0 Å². The van der Waals surface area contributed by atoms with E-state index in [-0.39, 0.29) is 35.2 Å². The van der Waals surface area contributed by atoms with Crippen LogP contribution >= 0.6 is 23.2 Å². The summed E-state index contributed by atoms with van der Waals surface area (Å²) >= 11 is 11.9. The Labute approximate surface area is 188 Å². The third-order valence-corrected chi connectivity index (χ3v) is 4.82. The first-order chi connectivity index (χ1) is 14.8. The summed E-state index contributed by atoms with van der Waals surface area (Å²) in [5, 5.41) is 13.7. The second-order valence-electron chi connectivity index (χ2n) is 6.63. The molecule has 0 unspecified atom stereocenters. The fourth-order valence-corrected chi connectivity index (χ4v) is 3.38. The lowest BCUT2D eigenvalue weighted by Crippen LogP contribution is -2.12. The number of anilines is 1. The van der Waals surface area contributed by atoms with Crippen LogP contribution in [0.15, 0.2) is 48.7 Å². The van der Waals surface area contributed by atoms with E-state index in [1.807, 2.05) is 12.1 Å². The summed E-state index contributed by atoms with van der Waals surface area (Å²) in [5.41, 5.74) is 2.10. The number of rotatable bonds is 8. The molecule has 2 aromatic carbocycles. The molecule has 0 radical (unpaired) electrons. The zero-order valence-corrected chi connectivity index (χ0v) is 18.1. The molecule has 1 heterocycles. The Morgan fingerprint density at radius 1 is 1.16 bits per heavy atom. The van der Waals surface area contributed by atoms with Gasteiger partial charge in [-0.15, -0.1) is 0 Å². The number of aromatic hydroxyl groups is 1. The number of carbonyl (C=O) groups excluding carboxylic acids is 2. The smallest absolute Gasteiger partial charge is 0.341 e. The molecule has 0 aliphatic carbocycles. The number of esters is 2. The van der Waals surface area contributed by atoms with Crippen LogP contribution in [0.3, 0.4) is 0 Å². The van der Waals surface area contributed by atoms with Crippen LogP contribution in [-0.2, 0) is 22.5 Å². The van der Waals surface area contributed by atoms with Crippen LogP contribution < -0.4 is 10.1 Å². The zero-order valence-electron chi connectivity index (χ0n) is 16.6. The Morgan fingerprint density at radius 3 is 2.68 bits per heavy atom. The molecule has 0 fully saturated rings. The monoisotopic (exact) mass is 462 g/mol. The summed E-state index contributed by atoms with van der Waals surface area (Å²) < 4.78 is 10.5. The van der Waals surface area contributed by atoms with Crippen molar-refractivity contribution in [2.75, 3.05) is 11.9 Å². The van der Waals surface area contributed by atoms with Gasteiger partial charge >= 0.3 is 11.9 Å². The van der Waals surface area contributed by atoms with Crippen molar-refractivity contribution < 1.29 is 24.2 Å². The molecule has 0 saturated heterocycles. The number of aromatic amines is 1. The van der Waals surface area contributed by atoms with Gasteiger partial charge in [0.2, 0.25) is 0 Å². The number of hydrogen-bond donors (Lipinski definition) is 3. The maximum absolute atomic E-state index is 12.5. The van der Waals surface area contributed by atoms with E-state index in [1.165, 1.54) is 25.1 Å². The SMILES string of the molecule is CC(=O)Oc1cc(NCc2cc(Cl)cc(Cl)c2O)ccc1C(=O)OCCc1ccc[nH]1. The number of aromatic nitrogens is 1. The van der Waals surface area contributed by atoms with Gasteiger partial charge in [0.05, 0.1) is 11.6 Å². The molecule has 0 aliphatic rings. The third kappa shape index (κ3) is 6.16. The largest absolute Gasteiger partial charge is 0.506 e. The number of benzene rings is 2. The average Bonchev–Trinajstić information content (AvgIpc) is 3.22. The van der Waals surface area contributed by atoms with Crippen LogP contribution in [0.25, 0.3) is 0 Å². The van der Waals surface area contributed by atoms with E-state index in [4.69, 9.17) is 32.7 Å². The maximum Gasteiger partial charge on any atom is 0.341 e. The minimum absolute atomic E-state index is 0.0655. The van der Waals surface area contributed by atoms with Crippen LogP contribution in [0, 0.1) is 0 Å². The highest BCUT2D eigenvalue weighted by atomic mass is 35.5. The standard InChI is InChI=1S/C22H20Cl2N2O5/c1-13(27)31-20-11-17(26-12-14-9-15(23)10-19(24)21(14)28)4-5-18(20)22(29)30-8-6-16-3-2-7-25-16/h2-5,7,9-11,25-26,28H,6,8,12H2,1H3. The molecule has 7 nitrogen and oxygen atoms in total. The highest BCUT2D eigenvalue weighted by Gasteiger charge is 2.17. The average molecular weight is 463 g/mol. The molecule has 0 amide bonds. The number of ether oxygens (including phenoxy) is 2. The Kier molecular flexibility index (Phi) is 7.44. The molecular formula is C22H20Cl2N2O5. The van der Waals surface area contributed by atoms with Crippen molar-refractivity contribution in [3.63, 3.8) is 0 Å². The molecule has 162 valence electrons. The lowest BCUT2D eigenvalue weighted by Gasteiger charge is -2.13. The number of phenols is 1. The van der Waals surface area contributed by atoms with Gasteiger partial charge in [0.15, 0.2) is 0 Å². The van der Waals surface area contributed by atoms with E-state index in [0.29, 0.717) is 22.7 Å². The number of halogens is 2. The van der Waals surface area contributed by atoms with Crippen molar-refractivity contribution in [1.29, 1.82) is 0 Å². The molecule has 3 aromatic rings. The van der Waals surface area contributed by atoms with Crippen molar-refractivity contribution in [2.45, 2.75) is 19.9 Å². The van der Waals surface area contributed by atoms with E-state index in [9.17, 15) is 14.7 Å². The highest BCUT2D eigenvalue weighted by molar-refractivity contribution is 6.35. The van der Waals surface area contributed by atoms with Crippen molar-refractivity contribution in [2.24, 2.45) is 0 Å². The molecule has 0 spiro atoms. The molecular weight excluding hydrogens is 443 g/mol. The fourth-order valence-electron chi connectivity index (χ4n) is 2.85. The van der Waals surface area contributed by atoms with Gasteiger partial charge in [0.25, 0.3) is 0 Å². The Bertz CT molecular complexity index is 1080. The number of H-pyrrole nitrogens is 1. The van der Waals surface area contributed by atoms with Gasteiger partial charge in [-0.05, 0) is 36.4 Å². The molecule has 31 heavy (non-hydrogen) atoms. The number of phenolic OH excluding ortho intramolecular Hbond substituents is 1. The van der Waals surface area contributed by atoms with Crippen molar-refractivity contribution in [3.8, 4) is 11.5 Å². The predicted molar refractivity (Wildman–Crippen MR) is 118 cm³/mol. The summed E-state index contributed by atoms with van der Waals surface area (Å²) in [6.45, 7) is 1.62. The van der Waals surface area contributed by atoms with E-state index in [2.05, 4.69) is 10.3 Å². The topological polar surface area (TPSA) is 101 Å². The van der Waals surface area contributed by atoms with Crippen LogP contribution in [0.2, 0.25) is 10.0 Å². The number of carbonyl (C=O) groups is 2. The Hall–Kier alpha value is -3.16. The first-order valence-corrected chi connectivity index (χ1v) is 10.1. The lowest BCUT2D eigenvalue weighted by molar-refractivity contribution is -0.131. The van der Waals surface area contributed by atoms with E-state index in [1.54, 1.807) is 18.3 Å². The second-order valence-corrected chi connectivity index (χ2v) is 7.48. The predicted octanol–water partition coefficient (Wildman–Crippen LogP) is 4.96. The first-order valence-electron chi connectivity index (χ1n) is 9.36. The molecule has 1 aromatic heterocycles. The minimum atomic E-state index is -0.603. The molecule has 0 atom stereocenters. The van der Waals surface area contributed by atoms with Gasteiger partial charge in [-0.25, -0.2) is 4.79 Å². The molecule has 9 heteroatoms. The molecule has 0 saturated carbocycles. The first kappa shape index (κ1) is 22.5. The van der Waals surface area contributed by atoms with Gasteiger partial charge in [-0.2, -0.15) is 0 Å². The number of nitrogens with one attached hydrogen (secondary N) is 2. The summed E-state index contributed by atoms with van der Waals surface area (Å²) in [5.74, 6) is -1.19. The van der Waals surface area contributed by atoms with Crippen LogP contribution in [0.5, 0.6) is 11.5 Å². The van der Waals surface area contributed by atoms with Crippen LogP contribution in [0.1, 0.15) is 28.5 Å². The van der Waals surface area contributed by atoms with Gasteiger partial charge in [0, 0.05) is 54.1 Å². The summed E-state index contributed by atoms with van der Waals surface area (Å²) in [4.78, 5) is 27.0. The van der Waals surface area contributed by atoms with Gasteiger partial charge in [-0.1, -0.05) is 23.2 Å². The van der Waals surface area contributed by atoms with E-state index in [0.717, 1.165) is 5.69 Å². The van der Waals surface area contributed by atoms with Gasteiger partial charge in [-0.3, -0.25) is 4.79 Å².